The van der Waals surface area contributed by atoms with Crippen molar-refractivity contribution in [2.45, 2.75) is 13.3 Å². The van der Waals surface area contributed by atoms with E-state index < -0.39 is 0 Å². The number of rotatable bonds is 8. The molecule has 0 fully saturated rings. The summed E-state index contributed by atoms with van der Waals surface area (Å²) >= 11 is 11.8. The lowest BCUT2D eigenvalue weighted by Crippen LogP contribution is -2.35. The number of halogens is 2. The lowest BCUT2D eigenvalue weighted by atomic mass is 10.1. The minimum atomic E-state index is -0.0355. The molecule has 0 saturated carbocycles. The van der Waals surface area contributed by atoms with Gasteiger partial charge in [-0.05, 0) is 31.7 Å². The maximum atomic E-state index is 11.6. The number of carbonyl (C=O) groups is 1. The molecule has 4 nitrogen and oxygen atoms in total. The van der Waals surface area contributed by atoms with Gasteiger partial charge in [0.25, 0.3) is 0 Å². The van der Waals surface area contributed by atoms with Crippen molar-refractivity contribution < 1.29 is 9.53 Å². The van der Waals surface area contributed by atoms with Crippen LogP contribution in [0, 0.1) is 5.92 Å². The smallest absolute Gasteiger partial charge is 0.224 e. The average Bonchev–Trinajstić information content (AvgIpc) is 2.40. The number of amides is 1. The van der Waals surface area contributed by atoms with Crippen LogP contribution in [-0.4, -0.2) is 32.7 Å². The molecule has 0 saturated heterocycles. The first-order chi connectivity index (χ1) is 9.54. The van der Waals surface area contributed by atoms with E-state index in [2.05, 4.69) is 10.6 Å². The Morgan fingerprint density at radius 1 is 1.40 bits per heavy atom. The van der Waals surface area contributed by atoms with Crippen LogP contribution >= 0.6 is 23.2 Å². The summed E-state index contributed by atoms with van der Waals surface area (Å²) in [4.78, 5) is 11.6. The maximum Gasteiger partial charge on any atom is 0.224 e. The Kier molecular flexibility index (Phi) is 7.73. The standard InChI is InChI=1S/C14H20Cl2N2O2/c1-10(9-17-2)14(19)18-6-3-7-20-13-5-4-11(15)8-12(13)16/h4-5,8,10,17H,3,6-7,9H2,1-2H3,(H,18,19). The van der Waals surface area contributed by atoms with Crippen molar-refractivity contribution in [3.63, 3.8) is 0 Å². The van der Waals surface area contributed by atoms with E-state index in [1.54, 1.807) is 18.2 Å². The molecule has 1 rings (SSSR count). The minimum absolute atomic E-state index is 0.0355. The zero-order valence-electron chi connectivity index (χ0n) is 11.7. The lowest BCUT2D eigenvalue weighted by molar-refractivity contribution is -0.124. The van der Waals surface area contributed by atoms with Crippen molar-refractivity contribution >= 4 is 29.1 Å². The van der Waals surface area contributed by atoms with E-state index in [4.69, 9.17) is 27.9 Å². The van der Waals surface area contributed by atoms with E-state index in [1.165, 1.54) is 0 Å². The van der Waals surface area contributed by atoms with Crippen molar-refractivity contribution in [3.8, 4) is 5.75 Å². The van der Waals surface area contributed by atoms with Crippen LogP contribution < -0.4 is 15.4 Å². The van der Waals surface area contributed by atoms with Crippen molar-refractivity contribution in [1.82, 2.24) is 10.6 Å². The molecule has 1 aromatic carbocycles. The van der Waals surface area contributed by atoms with Crippen molar-refractivity contribution in [2.75, 3.05) is 26.7 Å². The molecule has 0 spiro atoms. The third-order valence-corrected chi connectivity index (χ3v) is 3.26. The van der Waals surface area contributed by atoms with Gasteiger partial charge >= 0.3 is 0 Å². The van der Waals surface area contributed by atoms with E-state index >= 15 is 0 Å². The Labute approximate surface area is 129 Å². The predicted octanol–water partition coefficient (Wildman–Crippen LogP) is 2.73. The number of nitrogens with one attached hydrogen (secondary N) is 2. The molecule has 6 heteroatoms. The molecule has 0 aliphatic heterocycles. The van der Waals surface area contributed by atoms with E-state index in [1.807, 2.05) is 14.0 Å². The van der Waals surface area contributed by atoms with Gasteiger partial charge < -0.3 is 15.4 Å². The Hall–Kier alpha value is -0.970. The van der Waals surface area contributed by atoms with Gasteiger partial charge in [0, 0.05) is 24.0 Å². The molecule has 20 heavy (non-hydrogen) atoms. The van der Waals surface area contributed by atoms with Gasteiger partial charge in [-0.3, -0.25) is 4.79 Å². The Morgan fingerprint density at radius 2 is 2.15 bits per heavy atom. The lowest BCUT2D eigenvalue weighted by Gasteiger charge is -2.12. The van der Waals surface area contributed by atoms with Crippen LogP contribution in [0.5, 0.6) is 5.75 Å². The third-order valence-electron chi connectivity index (χ3n) is 2.73. The van der Waals surface area contributed by atoms with Gasteiger partial charge in [0.05, 0.1) is 11.6 Å². The molecule has 0 bridgehead atoms. The molecule has 2 N–H and O–H groups in total. The molecule has 0 aliphatic carbocycles. The van der Waals surface area contributed by atoms with E-state index in [0.717, 1.165) is 6.42 Å². The topological polar surface area (TPSA) is 50.4 Å². The maximum absolute atomic E-state index is 11.6. The highest BCUT2D eigenvalue weighted by molar-refractivity contribution is 6.35. The zero-order chi connectivity index (χ0) is 15.0. The van der Waals surface area contributed by atoms with Gasteiger partial charge in [0.15, 0.2) is 0 Å². The van der Waals surface area contributed by atoms with E-state index in [0.29, 0.717) is 35.5 Å². The zero-order valence-corrected chi connectivity index (χ0v) is 13.2. The molecule has 1 aromatic rings. The molecule has 0 aromatic heterocycles. The highest BCUT2D eigenvalue weighted by atomic mass is 35.5. The van der Waals surface area contributed by atoms with E-state index in [9.17, 15) is 4.79 Å². The summed E-state index contributed by atoms with van der Waals surface area (Å²) in [5, 5.41) is 6.90. The van der Waals surface area contributed by atoms with Gasteiger partial charge in [0.2, 0.25) is 5.91 Å². The molecule has 1 atom stereocenters. The molecule has 0 heterocycles. The highest BCUT2D eigenvalue weighted by Crippen LogP contribution is 2.27. The molecular weight excluding hydrogens is 299 g/mol. The second-order valence-corrected chi connectivity index (χ2v) is 5.37. The Bertz CT molecular complexity index is 441. The first-order valence-electron chi connectivity index (χ1n) is 6.54. The Morgan fingerprint density at radius 3 is 2.80 bits per heavy atom. The fourth-order valence-electron chi connectivity index (χ4n) is 1.63. The van der Waals surface area contributed by atoms with Crippen molar-refractivity contribution in [2.24, 2.45) is 5.92 Å². The first kappa shape index (κ1) is 17.1. The number of hydrogen-bond donors (Lipinski definition) is 2. The summed E-state index contributed by atoms with van der Waals surface area (Å²) in [5.74, 6) is 0.612. The molecular formula is C14H20Cl2N2O2. The molecule has 0 radical (unpaired) electrons. The van der Waals surface area contributed by atoms with Crippen LogP contribution in [0.2, 0.25) is 10.0 Å². The quantitative estimate of drug-likeness (QED) is 0.725. The van der Waals surface area contributed by atoms with Crippen LogP contribution in [0.15, 0.2) is 18.2 Å². The van der Waals surface area contributed by atoms with Crippen LogP contribution in [-0.2, 0) is 4.79 Å². The second kappa shape index (κ2) is 9.06. The summed E-state index contributed by atoms with van der Waals surface area (Å²) in [5.41, 5.74) is 0. The number of carbonyl (C=O) groups excluding carboxylic acids is 1. The summed E-state index contributed by atoms with van der Waals surface area (Å²) < 4.78 is 5.53. The van der Waals surface area contributed by atoms with Gasteiger partial charge in [0.1, 0.15) is 5.75 Å². The van der Waals surface area contributed by atoms with Crippen LogP contribution in [0.1, 0.15) is 13.3 Å². The van der Waals surface area contributed by atoms with Gasteiger partial charge in [-0.1, -0.05) is 30.1 Å². The SMILES string of the molecule is CNCC(C)C(=O)NCCCOc1ccc(Cl)cc1Cl. The molecule has 112 valence electrons. The highest BCUT2D eigenvalue weighted by Gasteiger charge is 2.10. The average molecular weight is 319 g/mol. The monoisotopic (exact) mass is 318 g/mol. The van der Waals surface area contributed by atoms with Crippen molar-refractivity contribution in [1.29, 1.82) is 0 Å². The summed E-state index contributed by atoms with van der Waals surface area (Å²) in [7, 11) is 1.83. The van der Waals surface area contributed by atoms with Gasteiger partial charge in [-0.25, -0.2) is 0 Å². The van der Waals surface area contributed by atoms with Gasteiger partial charge in [-0.15, -0.1) is 0 Å². The largest absolute Gasteiger partial charge is 0.492 e. The first-order valence-corrected chi connectivity index (χ1v) is 7.30. The predicted molar refractivity (Wildman–Crippen MR) is 82.7 cm³/mol. The fraction of sp³-hybridized carbons (Fsp3) is 0.500. The van der Waals surface area contributed by atoms with Gasteiger partial charge in [-0.2, -0.15) is 0 Å². The van der Waals surface area contributed by atoms with E-state index in [-0.39, 0.29) is 11.8 Å². The Balaban J connectivity index is 2.20. The van der Waals surface area contributed by atoms with Crippen LogP contribution in [0.3, 0.4) is 0 Å². The summed E-state index contributed by atoms with van der Waals surface area (Å²) in [6, 6.07) is 5.10. The normalized spacial score (nSPS) is 12.0. The third kappa shape index (κ3) is 5.99. The van der Waals surface area contributed by atoms with Crippen molar-refractivity contribution in [3.05, 3.63) is 28.2 Å². The number of benzene rings is 1. The number of ether oxygens (including phenoxy) is 1. The molecule has 1 amide bonds. The fourth-order valence-corrected chi connectivity index (χ4v) is 2.09. The second-order valence-electron chi connectivity index (χ2n) is 4.53. The minimum Gasteiger partial charge on any atom is -0.492 e. The number of hydrogen-bond acceptors (Lipinski definition) is 3. The van der Waals surface area contributed by atoms with Crippen LogP contribution in [0.4, 0.5) is 0 Å². The summed E-state index contributed by atoms with van der Waals surface area (Å²) in [6.45, 7) is 3.62. The summed E-state index contributed by atoms with van der Waals surface area (Å²) in [6.07, 6.45) is 0.719. The molecule has 1 unspecified atom stereocenters. The van der Waals surface area contributed by atoms with Crippen LogP contribution in [0.25, 0.3) is 0 Å². The molecule has 0 aliphatic rings.